The quantitative estimate of drug-likeness (QED) is 0.891. The third kappa shape index (κ3) is 4.02. The molecule has 1 atom stereocenters. The van der Waals surface area contributed by atoms with Crippen molar-refractivity contribution in [2.75, 3.05) is 5.32 Å². The van der Waals surface area contributed by atoms with E-state index >= 15 is 0 Å². The number of amides is 1. The first-order valence-electron chi connectivity index (χ1n) is 6.79. The van der Waals surface area contributed by atoms with Gasteiger partial charge in [0.15, 0.2) is 10.9 Å². The molecule has 1 heterocycles. The molecule has 3 N–H and O–H groups in total. The van der Waals surface area contributed by atoms with Crippen molar-refractivity contribution in [1.29, 1.82) is 0 Å². The highest BCUT2D eigenvalue weighted by molar-refractivity contribution is 7.17. The second-order valence-electron chi connectivity index (χ2n) is 6.49. The summed E-state index contributed by atoms with van der Waals surface area (Å²) in [5.41, 5.74) is 6.53. The van der Waals surface area contributed by atoms with Crippen LogP contribution in [0, 0.1) is 11.3 Å². The monoisotopic (exact) mass is 331 g/mol. The number of rotatable bonds is 3. The zero-order valence-corrected chi connectivity index (χ0v) is 14.4. The van der Waals surface area contributed by atoms with E-state index in [9.17, 15) is 9.59 Å². The molecule has 5 nitrogen and oxygen atoms in total. The topological polar surface area (TPSA) is 85.1 Å². The lowest BCUT2D eigenvalue weighted by Gasteiger charge is -2.26. The van der Waals surface area contributed by atoms with Gasteiger partial charge in [-0.1, -0.05) is 39.0 Å². The van der Waals surface area contributed by atoms with Gasteiger partial charge in [0.25, 0.3) is 0 Å². The lowest BCUT2D eigenvalue weighted by molar-refractivity contribution is -0.118. The molecular formula is C14H22ClN3O2S. The SMILES string of the molecule is CC(C)C(N)C(=O)Nc1nc2c(s1)C(=O)CC(C)(C)C2.Cl. The fourth-order valence-electron chi connectivity index (χ4n) is 2.27. The Labute approximate surface area is 135 Å². The molecule has 118 valence electrons. The molecule has 0 aromatic carbocycles. The molecule has 1 aliphatic carbocycles. The highest BCUT2D eigenvalue weighted by atomic mass is 35.5. The van der Waals surface area contributed by atoms with Crippen LogP contribution in [-0.4, -0.2) is 22.7 Å². The zero-order valence-electron chi connectivity index (χ0n) is 12.7. The number of anilines is 1. The number of carbonyl (C=O) groups excluding carboxylic acids is 2. The molecule has 0 saturated heterocycles. The number of nitrogens with two attached hydrogens (primary N) is 1. The van der Waals surface area contributed by atoms with Gasteiger partial charge in [0.1, 0.15) is 0 Å². The predicted octanol–water partition coefficient (Wildman–Crippen LogP) is 2.64. The number of ketones is 1. The number of nitrogens with zero attached hydrogens (tertiary/aromatic N) is 1. The van der Waals surface area contributed by atoms with Gasteiger partial charge in [-0.05, 0) is 17.8 Å². The van der Waals surface area contributed by atoms with Crippen molar-refractivity contribution in [1.82, 2.24) is 4.98 Å². The Kier molecular flexibility index (Phi) is 5.52. The van der Waals surface area contributed by atoms with Gasteiger partial charge in [0.05, 0.1) is 16.6 Å². The number of hydrogen-bond acceptors (Lipinski definition) is 5. The van der Waals surface area contributed by atoms with E-state index in [0.29, 0.717) is 16.4 Å². The molecule has 0 spiro atoms. The summed E-state index contributed by atoms with van der Waals surface area (Å²) in [5.74, 6) is -0.0784. The van der Waals surface area contributed by atoms with Gasteiger partial charge in [0.2, 0.25) is 5.91 Å². The molecular weight excluding hydrogens is 310 g/mol. The average molecular weight is 332 g/mol. The van der Waals surface area contributed by atoms with E-state index < -0.39 is 6.04 Å². The Morgan fingerprint density at radius 1 is 1.38 bits per heavy atom. The van der Waals surface area contributed by atoms with Gasteiger partial charge in [-0.3, -0.25) is 9.59 Å². The Morgan fingerprint density at radius 2 is 2.00 bits per heavy atom. The molecule has 21 heavy (non-hydrogen) atoms. The fourth-order valence-corrected chi connectivity index (χ4v) is 3.19. The molecule has 7 heteroatoms. The second kappa shape index (κ2) is 6.42. The van der Waals surface area contributed by atoms with Crippen molar-refractivity contribution in [3.63, 3.8) is 0 Å². The average Bonchev–Trinajstić information content (AvgIpc) is 2.68. The fraction of sp³-hybridized carbons (Fsp3) is 0.643. The van der Waals surface area contributed by atoms with Crippen molar-refractivity contribution < 1.29 is 9.59 Å². The maximum absolute atomic E-state index is 12.1. The first-order chi connectivity index (χ1) is 9.19. The molecule has 1 unspecified atom stereocenters. The van der Waals surface area contributed by atoms with E-state index in [1.165, 1.54) is 11.3 Å². The van der Waals surface area contributed by atoms with Gasteiger partial charge in [-0.2, -0.15) is 0 Å². The summed E-state index contributed by atoms with van der Waals surface area (Å²) in [6, 6.07) is -0.567. The Morgan fingerprint density at radius 3 is 2.57 bits per heavy atom. The number of halogens is 1. The summed E-state index contributed by atoms with van der Waals surface area (Å²) in [5, 5.41) is 3.19. The molecule has 0 saturated carbocycles. The Balaban J connectivity index is 0.00000220. The summed E-state index contributed by atoms with van der Waals surface area (Å²) in [7, 11) is 0. The third-order valence-corrected chi connectivity index (χ3v) is 4.54. The second-order valence-corrected chi connectivity index (χ2v) is 7.49. The molecule has 0 aliphatic heterocycles. The molecule has 0 fully saturated rings. The van der Waals surface area contributed by atoms with Crippen LogP contribution in [0.2, 0.25) is 0 Å². The van der Waals surface area contributed by atoms with Crippen LogP contribution in [0.25, 0.3) is 0 Å². The highest BCUT2D eigenvalue weighted by Crippen LogP contribution is 2.38. The number of fused-ring (bicyclic) bond motifs is 1. The van der Waals surface area contributed by atoms with Crippen LogP contribution in [0.4, 0.5) is 5.13 Å². The van der Waals surface area contributed by atoms with E-state index in [0.717, 1.165) is 12.1 Å². The van der Waals surface area contributed by atoms with E-state index in [2.05, 4.69) is 24.1 Å². The molecule has 1 aliphatic rings. The van der Waals surface area contributed by atoms with Crippen molar-refractivity contribution >= 4 is 40.6 Å². The van der Waals surface area contributed by atoms with E-state index in [-0.39, 0.29) is 35.4 Å². The van der Waals surface area contributed by atoms with Crippen molar-refractivity contribution in [2.24, 2.45) is 17.1 Å². The maximum atomic E-state index is 12.1. The molecule has 1 amide bonds. The van der Waals surface area contributed by atoms with Crippen LogP contribution in [0.5, 0.6) is 0 Å². The van der Waals surface area contributed by atoms with E-state index in [4.69, 9.17) is 5.73 Å². The first kappa shape index (κ1) is 18.1. The standard InChI is InChI=1S/C14H21N3O2S.ClH/c1-7(2)10(15)12(19)17-13-16-8-5-14(3,4)6-9(18)11(8)20-13;/h7,10H,5-6,15H2,1-4H3,(H,16,17,19);1H. The number of aromatic nitrogens is 1. The largest absolute Gasteiger partial charge is 0.320 e. The Bertz CT molecular complexity index is 554. The minimum atomic E-state index is -0.567. The summed E-state index contributed by atoms with van der Waals surface area (Å²) in [4.78, 5) is 29.1. The van der Waals surface area contributed by atoms with Gasteiger partial charge in [-0.25, -0.2) is 4.98 Å². The van der Waals surface area contributed by atoms with Crippen LogP contribution < -0.4 is 11.1 Å². The summed E-state index contributed by atoms with van der Waals surface area (Å²) in [6.07, 6.45) is 1.29. The van der Waals surface area contributed by atoms with E-state index in [1.54, 1.807) is 0 Å². The third-order valence-electron chi connectivity index (χ3n) is 3.49. The van der Waals surface area contributed by atoms with Crippen LogP contribution in [-0.2, 0) is 11.2 Å². The molecule has 1 aromatic heterocycles. The molecule has 0 bridgehead atoms. The minimum Gasteiger partial charge on any atom is -0.320 e. The Hall–Kier alpha value is -0.980. The van der Waals surface area contributed by atoms with Crippen molar-refractivity contribution in [2.45, 2.75) is 46.6 Å². The van der Waals surface area contributed by atoms with E-state index in [1.807, 2.05) is 13.8 Å². The van der Waals surface area contributed by atoms with Crippen LogP contribution in [0.15, 0.2) is 0 Å². The normalized spacial score (nSPS) is 17.9. The van der Waals surface area contributed by atoms with Crippen LogP contribution in [0.1, 0.15) is 49.5 Å². The van der Waals surface area contributed by atoms with Gasteiger partial charge < -0.3 is 11.1 Å². The van der Waals surface area contributed by atoms with Gasteiger partial charge in [0, 0.05) is 6.42 Å². The molecule has 1 aromatic rings. The lowest BCUT2D eigenvalue weighted by atomic mass is 9.78. The zero-order chi connectivity index (χ0) is 15.1. The highest BCUT2D eigenvalue weighted by Gasteiger charge is 2.34. The lowest BCUT2D eigenvalue weighted by Crippen LogP contribution is -2.39. The number of thiazole rings is 1. The minimum absolute atomic E-state index is 0. The van der Waals surface area contributed by atoms with Crippen LogP contribution in [0.3, 0.4) is 0 Å². The van der Waals surface area contributed by atoms with Crippen LogP contribution >= 0.6 is 23.7 Å². The van der Waals surface area contributed by atoms with Gasteiger partial charge >= 0.3 is 0 Å². The first-order valence-corrected chi connectivity index (χ1v) is 7.60. The smallest absolute Gasteiger partial charge is 0.243 e. The van der Waals surface area contributed by atoms with Crippen molar-refractivity contribution in [3.05, 3.63) is 10.6 Å². The number of nitrogens with one attached hydrogen (secondary N) is 1. The molecule has 2 rings (SSSR count). The predicted molar refractivity (Wildman–Crippen MR) is 87.2 cm³/mol. The van der Waals surface area contributed by atoms with Crippen molar-refractivity contribution in [3.8, 4) is 0 Å². The van der Waals surface area contributed by atoms with Gasteiger partial charge in [-0.15, -0.1) is 12.4 Å². The number of carbonyl (C=O) groups is 2. The maximum Gasteiger partial charge on any atom is 0.243 e. The molecule has 0 radical (unpaired) electrons. The summed E-state index contributed by atoms with van der Waals surface area (Å²) in [6.45, 7) is 7.90. The summed E-state index contributed by atoms with van der Waals surface area (Å²) >= 11 is 1.25. The number of hydrogen-bond donors (Lipinski definition) is 2. The summed E-state index contributed by atoms with van der Waals surface area (Å²) < 4.78 is 0. The number of Topliss-reactive ketones (excluding diaryl/α,β-unsaturated/α-hetero) is 1.